The quantitative estimate of drug-likeness (QED) is 0.646. The summed E-state index contributed by atoms with van der Waals surface area (Å²) in [5.41, 5.74) is 2.23. The number of pyridine rings is 1. The zero-order chi connectivity index (χ0) is 15.2. The highest BCUT2D eigenvalue weighted by Gasteiger charge is 2.09. The van der Waals surface area contributed by atoms with E-state index in [2.05, 4.69) is 10.1 Å². The lowest BCUT2D eigenvalue weighted by molar-refractivity contribution is 0.132. The Hall–Kier alpha value is -1.82. The van der Waals surface area contributed by atoms with Gasteiger partial charge in [-0.3, -0.25) is 4.98 Å². The van der Waals surface area contributed by atoms with E-state index in [1.807, 2.05) is 12.1 Å². The fourth-order valence-electron chi connectivity index (χ4n) is 1.75. The van der Waals surface area contributed by atoms with Gasteiger partial charge in [-0.15, -0.1) is 12.4 Å². The number of oxime groups is 1. The van der Waals surface area contributed by atoms with Gasteiger partial charge in [0.25, 0.3) is 0 Å². The Morgan fingerprint density at radius 1 is 1.41 bits per heavy atom. The third-order valence-electron chi connectivity index (χ3n) is 2.90. The van der Waals surface area contributed by atoms with Gasteiger partial charge in [0.15, 0.2) is 0 Å². The Morgan fingerprint density at radius 3 is 2.86 bits per heavy atom. The number of aliphatic hydroxyl groups is 1. The maximum Gasteiger partial charge on any atom is 0.146 e. The molecule has 0 radical (unpaired) electrons. The summed E-state index contributed by atoms with van der Waals surface area (Å²) in [7, 11) is 0. The van der Waals surface area contributed by atoms with Crippen LogP contribution in [0.25, 0.3) is 0 Å². The second-order valence-electron chi connectivity index (χ2n) is 4.43. The molecule has 7 heteroatoms. The second kappa shape index (κ2) is 8.58. The number of hydrogen-bond acceptors (Lipinski definition) is 5. The van der Waals surface area contributed by atoms with Gasteiger partial charge >= 0.3 is 0 Å². The molecule has 1 aromatic carbocycles. The lowest BCUT2D eigenvalue weighted by Gasteiger charge is -2.07. The van der Waals surface area contributed by atoms with Crippen molar-refractivity contribution in [2.75, 3.05) is 0 Å². The van der Waals surface area contributed by atoms with E-state index in [1.165, 1.54) is 12.4 Å². The molecule has 0 aliphatic heterocycles. The molecule has 0 bridgehead atoms. The Bertz CT molecular complexity index is 663. The number of hydrogen-bond donors (Lipinski definition) is 2. The molecule has 1 heterocycles. The third kappa shape index (κ3) is 4.59. The molecule has 0 amide bonds. The lowest BCUT2D eigenvalue weighted by atomic mass is 10.1. The fraction of sp³-hybridized carbons (Fsp3) is 0.200. The molecule has 0 unspecified atom stereocenters. The van der Waals surface area contributed by atoms with Gasteiger partial charge in [-0.1, -0.05) is 28.9 Å². The molecule has 1 aromatic heterocycles. The molecule has 0 saturated heterocycles. The van der Waals surface area contributed by atoms with Crippen LogP contribution >= 0.6 is 24.0 Å². The number of nitrogens with zero attached hydrogens (tertiary/aromatic N) is 2. The summed E-state index contributed by atoms with van der Waals surface area (Å²) in [5.74, 6) is -0.0170. The van der Waals surface area contributed by atoms with Crippen molar-refractivity contribution in [1.82, 2.24) is 4.98 Å². The van der Waals surface area contributed by atoms with Gasteiger partial charge in [0.2, 0.25) is 0 Å². The minimum absolute atomic E-state index is 0. The SMILES string of the molecule is Cc1ncc(CO)c(/C=N\OCc2cccc(Cl)c2)c1O.Cl. The van der Waals surface area contributed by atoms with Crippen LogP contribution < -0.4 is 0 Å². The Kier molecular flexibility index (Phi) is 7.11. The van der Waals surface area contributed by atoms with Gasteiger partial charge in [0.05, 0.1) is 18.5 Å². The summed E-state index contributed by atoms with van der Waals surface area (Å²) in [5, 5.41) is 23.6. The number of aromatic nitrogens is 1. The van der Waals surface area contributed by atoms with E-state index >= 15 is 0 Å². The van der Waals surface area contributed by atoms with Crippen LogP contribution in [0, 0.1) is 6.92 Å². The number of benzene rings is 1. The van der Waals surface area contributed by atoms with E-state index in [0.29, 0.717) is 21.8 Å². The number of aliphatic hydroxyl groups excluding tert-OH is 1. The van der Waals surface area contributed by atoms with Crippen molar-refractivity contribution in [3.63, 3.8) is 0 Å². The van der Waals surface area contributed by atoms with Crippen LogP contribution in [0.1, 0.15) is 22.4 Å². The Labute approximate surface area is 139 Å². The molecular weight excluding hydrogens is 327 g/mol. The minimum atomic E-state index is -0.240. The zero-order valence-electron chi connectivity index (χ0n) is 11.9. The van der Waals surface area contributed by atoms with Crippen LogP contribution in [-0.2, 0) is 18.1 Å². The van der Waals surface area contributed by atoms with E-state index in [9.17, 15) is 10.2 Å². The first-order chi connectivity index (χ1) is 10.1. The van der Waals surface area contributed by atoms with E-state index in [-0.39, 0.29) is 31.4 Å². The van der Waals surface area contributed by atoms with Crippen LogP contribution in [-0.4, -0.2) is 21.4 Å². The number of halogens is 2. The fourth-order valence-corrected chi connectivity index (χ4v) is 1.96. The summed E-state index contributed by atoms with van der Waals surface area (Å²) < 4.78 is 0. The van der Waals surface area contributed by atoms with Crippen molar-refractivity contribution >= 4 is 30.2 Å². The normalized spacial score (nSPS) is 10.5. The molecule has 2 aromatic rings. The largest absolute Gasteiger partial charge is 0.505 e. The van der Waals surface area contributed by atoms with E-state index < -0.39 is 0 Å². The molecule has 22 heavy (non-hydrogen) atoms. The molecule has 0 aliphatic rings. The summed E-state index contributed by atoms with van der Waals surface area (Å²) in [6.45, 7) is 1.69. The van der Waals surface area contributed by atoms with Gasteiger partial charge in [0, 0.05) is 22.3 Å². The van der Waals surface area contributed by atoms with Crippen LogP contribution in [0.5, 0.6) is 5.75 Å². The van der Waals surface area contributed by atoms with Crippen molar-refractivity contribution in [2.24, 2.45) is 5.16 Å². The van der Waals surface area contributed by atoms with E-state index in [1.54, 1.807) is 19.1 Å². The predicted molar refractivity (Wildman–Crippen MR) is 87.6 cm³/mol. The minimum Gasteiger partial charge on any atom is -0.505 e. The topological polar surface area (TPSA) is 74.9 Å². The molecule has 0 atom stereocenters. The van der Waals surface area contributed by atoms with Crippen LogP contribution in [0.4, 0.5) is 0 Å². The predicted octanol–water partition coefficient (Wildman–Crippen LogP) is 3.21. The van der Waals surface area contributed by atoms with Crippen LogP contribution in [0.2, 0.25) is 5.02 Å². The first-order valence-corrected chi connectivity index (χ1v) is 6.67. The summed E-state index contributed by atoms with van der Waals surface area (Å²) in [6, 6.07) is 7.26. The van der Waals surface area contributed by atoms with Gasteiger partial charge in [-0.05, 0) is 24.6 Å². The highest BCUT2D eigenvalue weighted by Crippen LogP contribution is 2.22. The monoisotopic (exact) mass is 342 g/mol. The Balaban J connectivity index is 0.00000242. The van der Waals surface area contributed by atoms with Crippen molar-refractivity contribution in [3.05, 3.63) is 57.9 Å². The number of rotatable bonds is 5. The summed E-state index contributed by atoms with van der Waals surface area (Å²) in [4.78, 5) is 9.14. The first-order valence-electron chi connectivity index (χ1n) is 6.30. The van der Waals surface area contributed by atoms with Gasteiger partial charge in [0.1, 0.15) is 12.4 Å². The van der Waals surface area contributed by atoms with Crippen molar-refractivity contribution in [1.29, 1.82) is 0 Å². The highest BCUT2D eigenvalue weighted by atomic mass is 35.5. The van der Waals surface area contributed by atoms with Crippen molar-refractivity contribution in [2.45, 2.75) is 20.1 Å². The van der Waals surface area contributed by atoms with E-state index in [0.717, 1.165) is 5.56 Å². The smallest absolute Gasteiger partial charge is 0.146 e. The van der Waals surface area contributed by atoms with Crippen molar-refractivity contribution < 1.29 is 15.1 Å². The van der Waals surface area contributed by atoms with Gasteiger partial charge in [-0.2, -0.15) is 0 Å². The van der Waals surface area contributed by atoms with Gasteiger partial charge < -0.3 is 15.1 Å². The molecule has 0 fully saturated rings. The average Bonchev–Trinajstić information content (AvgIpc) is 2.48. The Morgan fingerprint density at radius 2 is 2.18 bits per heavy atom. The molecule has 0 saturated carbocycles. The number of aryl methyl sites for hydroxylation is 1. The maximum atomic E-state index is 9.92. The van der Waals surface area contributed by atoms with Crippen LogP contribution in [0.15, 0.2) is 35.6 Å². The average molecular weight is 343 g/mol. The second-order valence-corrected chi connectivity index (χ2v) is 4.86. The zero-order valence-corrected chi connectivity index (χ0v) is 13.4. The maximum absolute atomic E-state index is 9.92. The molecular formula is C15H16Cl2N2O3. The third-order valence-corrected chi connectivity index (χ3v) is 3.14. The van der Waals surface area contributed by atoms with Crippen LogP contribution in [0.3, 0.4) is 0 Å². The van der Waals surface area contributed by atoms with E-state index in [4.69, 9.17) is 16.4 Å². The molecule has 2 rings (SSSR count). The standard InChI is InChI=1S/C15H15ClN2O3.ClH/c1-10-15(20)14(12(8-19)6-17-10)7-18-21-9-11-3-2-4-13(16)5-11;/h2-7,19-20H,8-9H2,1H3;1H/b18-7-;. The summed E-state index contributed by atoms with van der Waals surface area (Å²) >= 11 is 5.87. The van der Waals surface area contributed by atoms with Crippen molar-refractivity contribution in [3.8, 4) is 5.75 Å². The molecule has 0 aliphatic carbocycles. The van der Waals surface area contributed by atoms with Gasteiger partial charge in [-0.25, -0.2) is 0 Å². The molecule has 2 N–H and O–H groups in total. The molecule has 0 spiro atoms. The molecule has 5 nitrogen and oxygen atoms in total. The number of aromatic hydroxyl groups is 1. The summed E-state index contributed by atoms with van der Waals surface area (Å²) in [6.07, 6.45) is 2.85. The molecule has 118 valence electrons. The highest BCUT2D eigenvalue weighted by molar-refractivity contribution is 6.30. The lowest BCUT2D eigenvalue weighted by Crippen LogP contribution is -1.98. The first kappa shape index (κ1) is 18.2.